The van der Waals surface area contributed by atoms with Crippen molar-refractivity contribution in [2.45, 2.75) is 37.8 Å². The van der Waals surface area contributed by atoms with Crippen molar-refractivity contribution in [3.63, 3.8) is 0 Å². The van der Waals surface area contributed by atoms with Gasteiger partial charge < -0.3 is 10.6 Å². The van der Waals surface area contributed by atoms with Gasteiger partial charge in [-0.15, -0.1) is 0 Å². The molecule has 1 aliphatic carbocycles. The van der Waals surface area contributed by atoms with Gasteiger partial charge in [-0.3, -0.25) is 19.4 Å². The van der Waals surface area contributed by atoms with E-state index in [4.69, 9.17) is 0 Å². The maximum Gasteiger partial charge on any atom is 0.246 e. The van der Waals surface area contributed by atoms with E-state index in [0.717, 1.165) is 37.8 Å². The number of hydrogen-bond acceptors (Lipinski definition) is 4. The van der Waals surface area contributed by atoms with Gasteiger partial charge >= 0.3 is 0 Å². The summed E-state index contributed by atoms with van der Waals surface area (Å²) < 4.78 is 0. The fraction of sp³-hybridized carbons (Fsp3) is 0.600. The number of carbonyl (C=O) groups excluding carboxylic acids is 2. The van der Waals surface area contributed by atoms with Crippen LogP contribution < -0.4 is 10.6 Å². The molecule has 0 spiro atoms. The number of hydrogen-bond donors (Lipinski definition) is 2. The largest absolute Gasteiger partial charge is 0.357 e. The second-order valence-electron chi connectivity index (χ2n) is 7.28. The highest BCUT2D eigenvalue weighted by atomic mass is 16.2. The Balaban J connectivity index is 1.50. The number of rotatable bonds is 6. The van der Waals surface area contributed by atoms with Crippen LogP contribution in [0, 0.1) is 0 Å². The third-order valence-electron chi connectivity index (χ3n) is 5.56. The molecule has 0 bridgehead atoms. The Morgan fingerprint density at radius 3 is 2.35 bits per heavy atom. The SMILES string of the molecule is CNC(=O)C(NC(=O)CN1CCN(C2CCCC2)CC1)c1ccccc1. The fourth-order valence-corrected chi connectivity index (χ4v) is 4.06. The molecular formula is C20H30N4O2. The van der Waals surface area contributed by atoms with Crippen molar-refractivity contribution in [1.82, 2.24) is 20.4 Å². The average molecular weight is 358 g/mol. The third kappa shape index (κ3) is 4.83. The molecule has 26 heavy (non-hydrogen) atoms. The summed E-state index contributed by atoms with van der Waals surface area (Å²) in [7, 11) is 1.59. The quantitative estimate of drug-likeness (QED) is 0.801. The predicted molar refractivity (Wildman–Crippen MR) is 102 cm³/mol. The van der Waals surface area contributed by atoms with Crippen molar-refractivity contribution in [3.8, 4) is 0 Å². The molecule has 1 aliphatic heterocycles. The van der Waals surface area contributed by atoms with E-state index in [9.17, 15) is 9.59 Å². The molecule has 1 atom stereocenters. The molecule has 1 aromatic rings. The van der Waals surface area contributed by atoms with Gasteiger partial charge in [0.1, 0.15) is 6.04 Å². The first-order valence-electron chi connectivity index (χ1n) is 9.69. The van der Waals surface area contributed by atoms with Crippen molar-refractivity contribution >= 4 is 11.8 Å². The van der Waals surface area contributed by atoms with Crippen LogP contribution in [-0.4, -0.2) is 67.4 Å². The number of benzene rings is 1. The molecular weight excluding hydrogens is 328 g/mol. The lowest BCUT2D eigenvalue weighted by Crippen LogP contribution is -2.52. The van der Waals surface area contributed by atoms with Crippen LogP contribution in [-0.2, 0) is 9.59 Å². The summed E-state index contributed by atoms with van der Waals surface area (Å²) >= 11 is 0. The number of piperazine rings is 1. The van der Waals surface area contributed by atoms with Crippen LogP contribution >= 0.6 is 0 Å². The molecule has 1 aromatic carbocycles. The van der Waals surface area contributed by atoms with E-state index in [0.29, 0.717) is 6.54 Å². The van der Waals surface area contributed by atoms with Crippen LogP contribution in [0.5, 0.6) is 0 Å². The monoisotopic (exact) mass is 358 g/mol. The van der Waals surface area contributed by atoms with Gasteiger partial charge in [-0.25, -0.2) is 0 Å². The summed E-state index contributed by atoms with van der Waals surface area (Å²) in [4.78, 5) is 29.5. The maximum atomic E-state index is 12.5. The Kier molecular flexibility index (Phi) is 6.63. The second kappa shape index (κ2) is 9.14. The van der Waals surface area contributed by atoms with E-state index in [2.05, 4.69) is 20.4 Å². The Hall–Kier alpha value is -1.92. The number of nitrogens with zero attached hydrogens (tertiary/aromatic N) is 2. The lowest BCUT2D eigenvalue weighted by molar-refractivity contribution is -0.129. The molecule has 6 heteroatoms. The fourth-order valence-electron chi connectivity index (χ4n) is 4.06. The lowest BCUT2D eigenvalue weighted by atomic mass is 10.1. The zero-order chi connectivity index (χ0) is 18.4. The Bertz CT molecular complexity index is 593. The second-order valence-corrected chi connectivity index (χ2v) is 7.28. The van der Waals surface area contributed by atoms with Crippen molar-refractivity contribution in [3.05, 3.63) is 35.9 Å². The molecule has 0 aromatic heterocycles. The van der Waals surface area contributed by atoms with E-state index in [1.807, 2.05) is 30.3 Å². The van der Waals surface area contributed by atoms with E-state index in [1.165, 1.54) is 25.7 Å². The van der Waals surface area contributed by atoms with Crippen LogP contribution in [0.1, 0.15) is 37.3 Å². The molecule has 142 valence electrons. The minimum absolute atomic E-state index is 0.100. The van der Waals surface area contributed by atoms with Crippen LogP contribution in [0.25, 0.3) is 0 Å². The van der Waals surface area contributed by atoms with Gasteiger partial charge in [-0.1, -0.05) is 43.2 Å². The summed E-state index contributed by atoms with van der Waals surface area (Å²) in [6.45, 7) is 4.25. The molecule has 1 heterocycles. The Labute approximate surface area is 155 Å². The molecule has 1 unspecified atom stereocenters. The molecule has 2 aliphatic rings. The third-order valence-corrected chi connectivity index (χ3v) is 5.56. The minimum Gasteiger partial charge on any atom is -0.357 e. The van der Waals surface area contributed by atoms with E-state index < -0.39 is 6.04 Å². The number of nitrogens with one attached hydrogen (secondary N) is 2. The molecule has 2 amide bonds. The van der Waals surface area contributed by atoms with Gasteiger partial charge in [0.25, 0.3) is 0 Å². The summed E-state index contributed by atoms with van der Waals surface area (Å²) in [6.07, 6.45) is 5.36. The van der Waals surface area contributed by atoms with Crippen molar-refractivity contribution < 1.29 is 9.59 Å². The van der Waals surface area contributed by atoms with Crippen molar-refractivity contribution in [2.24, 2.45) is 0 Å². The summed E-state index contributed by atoms with van der Waals surface area (Å²) in [6, 6.07) is 9.48. The molecule has 1 saturated heterocycles. The number of likely N-dealkylation sites (N-methyl/N-ethyl adjacent to an activating group) is 1. The molecule has 3 rings (SSSR count). The maximum absolute atomic E-state index is 12.5. The normalized spacial score (nSPS) is 20.7. The average Bonchev–Trinajstić information content (AvgIpc) is 3.21. The Morgan fingerprint density at radius 1 is 1.08 bits per heavy atom. The molecule has 2 fully saturated rings. The highest BCUT2D eigenvalue weighted by Crippen LogP contribution is 2.24. The van der Waals surface area contributed by atoms with E-state index in [1.54, 1.807) is 7.05 Å². The van der Waals surface area contributed by atoms with Crippen LogP contribution in [0.4, 0.5) is 0 Å². The van der Waals surface area contributed by atoms with Crippen LogP contribution in [0.2, 0.25) is 0 Å². The number of carbonyl (C=O) groups is 2. The minimum atomic E-state index is -0.645. The molecule has 0 radical (unpaired) electrons. The first-order chi connectivity index (χ1) is 12.7. The molecule has 6 nitrogen and oxygen atoms in total. The van der Waals surface area contributed by atoms with Gasteiger partial charge in [-0.05, 0) is 18.4 Å². The highest BCUT2D eigenvalue weighted by Gasteiger charge is 2.28. The van der Waals surface area contributed by atoms with Gasteiger partial charge in [-0.2, -0.15) is 0 Å². The van der Waals surface area contributed by atoms with Crippen molar-refractivity contribution in [1.29, 1.82) is 0 Å². The van der Waals surface area contributed by atoms with Gasteiger partial charge in [0.15, 0.2) is 0 Å². The first-order valence-corrected chi connectivity index (χ1v) is 9.69. The van der Waals surface area contributed by atoms with Crippen molar-refractivity contribution in [2.75, 3.05) is 39.8 Å². The van der Waals surface area contributed by atoms with Gasteiger partial charge in [0, 0.05) is 39.3 Å². The van der Waals surface area contributed by atoms with Gasteiger partial charge in [0.05, 0.1) is 6.54 Å². The first kappa shape index (κ1) is 18.9. The van der Waals surface area contributed by atoms with Crippen LogP contribution in [0.15, 0.2) is 30.3 Å². The standard InChI is InChI=1S/C20H30N4O2/c1-21-20(26)19(16-7-3-2-4-8-16)22-18(25)15-23-11-13-24(14-12-23)17-9-5-6-10-17/h2-4,7-8,17,19H,5-6,9-15H2,1H3,(H,21,26)(H,22,25). The highest BCUT2D eigenvalue weighted by molar-refractivity contribution is 5.89. The van der Waals surface area contributed by atoms with E-state index in [-0.39, 0.29) is 11.8 Å². The Morgan fingerprint density at radius 2 is 1.73 bits per heavy atom. The predicted octanol–water partition coefficient (Wildman–Crippen LogP) is 1.15. The lowest BCUT2D eigenvalue weighted by Gasteiger charge is -2.37. The zero-order valence-corrected chi connectivity index (χ0v) is 15.6. The summed E-state index contributed by atoms with van der Waals surface area (Å²) in [5.74, 6) is -0.299. The smallest absolute Gasteiger partial charge is 0.246 e. The van der Waals surface area contributed by atoms with E-state index >= 15 is 0 Å². The number of amides is 2. The topological polar surface area (TPSA) is 64.7 Å². The summed E-state index contributed by atoms with van der Waals surface area (Å²) in [5.41, 5.74) is 0.797. The summed E-state index contributed by atoms with van der Waals surface area (Å²) in [5, 5.41) is 5.53. The molecule has 2 N–H and O–H groups in total. The van der Waals surface area contributed by atoms with Crippen LogP contribution in [0.3, 0.4) is 0 Å². The van der Waals surface area contributed by atoms with Gasteiger partial charge in [0.2, 0.25) is 11.8 Å². The zero-order valence-electron chi connectivity index (χ0n) is 15.6. The molecule has 1 saturated carbocycles.